The highest BCUT2D eigenvalue weighted by Crippen LogP contribution is 2.29. The summed E-state index contributed by atoms with van der Waals surface area (Å²) in [6, 6.07) is 0. The van der Waals surface area contributed by atoms with Gasteiger partial charge in [0.05, 0.1) is 6.10 Å². The average Bonchev–Trinajstić information content (AvgIpc) is 2.72. The zero-order chi connectivity index (χ0) is 13.9. The predicted octanol–water partition coefficient (Wildman–Crippen LogP) is 0.614. The average molecular weight is 269 g/mol. The van der Waals surface area contributed by atoms with Gasteiger partial charge in [-0.05, 0) is 25.8 Å². The van der Waals surface area contributed by atoms with E-state index in [-0.39, 0.29) is 12.5 Å². The first-order valence-corrected chi connectivity index (χ1v) is 5.70. The van der Waals surface area contributed by atoms with Crippen LogP contribution in [-0.2, 0) is 0 Å². The number of oxime groups is 1. The Labute approximate surface area is 103 Å². The number of halogens is 3. The number of hydrogen-bond acceptors (Lipinski definition) is 4. The van der Waals surface area contributed by atoms with E-state index in [1.54, 1.807) is 11.8 Å². The summed E-state index contributed by atoms with van der Waals surface area (Å²) in [7, 11) is 0. The van der Waals surface area contributed by atoms with Crippen molar-refractivity contribution in [3.05, 3.63) is 0 Å². The Morgan fingerprint density at radius 3 is 2.56 bits per heavy atom. The highest BCUT2D eigenvalue weighted by molar-refractivity contribution is 5.83. The molecular weight excluding hydrogens is 251 g/mol. The number of alkyl halides is 3. The molecule has 0 bridgehead atoms. The molecule has 1 saturated heterocycles. The van der Waals surface area contributed by atoms with Gasteiger partial charge in [0.25, 0.3) is 0 Å². The summed E-state index contributed by atoms with van der Waals surface area (Å²) in [5.41, 5.74) is 5.08. The number of hydrogen-bond donors (Lipinski definition) is 3. The van der Waals surface area contributed by atoms with Crippen LogP contribution in [0.2, 0.25) is 0 Å². The van der Waals surface area contributed by atoms with Crippen LogP contribution in [0.3, 0.4) is 0 Å². The molecule has 5 nitrogen and oxygen atoms in total. The Morgan fingerprint density at radius 2 is 2.17 bits per heavy atom. The van der Waals surface area contributed by atoms with E-state index in [1.807, 2.05) is 0 Å². The van der Waals surface area contributed by atoms with Crippen LogP contribution in [0.5, 0.6) is 0 Å². The van der Waals surface area contributed by atoms with Gasteiger partial charge in [0.2, 0.25) is 0 Å². The van der Waals surface area contributed by atoms with Crippen LogP contribution in [-0.4, -0.2) is 53.0 Å². The molecule has 0 aromatic rings. The van der Waals surface area contributed by atoms with Gasteiger partial charge in [-0.25, -0.2) is 0 Å². The maximum Gasteiger partial charge on any atom is 0.400 e. The SMILES string of the molecule is CC(O)C1CCN(CC(C(N)=NO)C(F)(F)F)C1. The lowest BCUT2D eigenvalue weighted by molar-refractivity contribution is -0.159. The fraction of sp³-hybridized carbons (Fsp3) is 0.900. The number of likely N-dealkylation sites (tertiary alicyclic amines) is 1. The van der Waals surface area contributed by atoms with E-state index in [9.17, 15) is 18.3 Å². The quantitative estimate of drug-likeness (QED) is 0.302. The van der Waals surface area contributed by atoms with Crippen LogP contribution in [0.4, 0.5) is 13.2 Å². The van der Waals surface area contributed by atoms with Gasteiger partial charge < -0.3 is 20.9 Å². The lowest BCUT2D eigenvalue weighted by Crippen LogP contribution is -2.44. The number of rotatable bonds is 4. The molecule has 4 N–H and O–H groups in total. The summed E-state index contributed by atoms with van der Waals surface area (Å²) in [4.78, 5) is 1.58. The van der Waals surface area contributed by atoms with E-state index in [0.717, 1.165) is 0 Å². The van der Waals surface area contributed by atoms with Gasteiger partial charge in [-0.1, -0.05) is 5.16 Å². The summed E-state index contributed by atoms with van der Waals surface area (Å²) < 4.78 is 38.2. The van der Waals surface area contributed by atoms with Crippen LogP contribution in [0.25, 0.3) is 0 Å². The normalized spacial score (nSPS) is 26.3. The van der Waals surface area contributed by atoms with Crippen LogP contribution >= 0.6 is 0 Å². The van der Waals surface area contributed by atoms with Crippen LogP contribution in [0.1, 0.15) is 13.3 Å². The standard InChI is InChI=1S/C10H18F3N3O2/c1-6(17)7-2-3-16(4-7)5-8(9(14)15-18)10(11,12)13/h6-8,17-18H,2-5H2,1H3,(H2,14,15). The number of nitrogens with two attached hydrogens (primary N) is 1. The summed E-state index contributed by atoms with van der Waals surface area (Å²) >= 11 is 0. The highest BCUT2D eigenvalue weighted by atomic mass is 19.4. The number of aliphatic hydroxyl groups is 1. The second-order valence-electron chi connectivity index (χ2n) is 4.67. The number of amidine groups is 1. The largest absolute Gasteiger partial charge is 0.409 e. The van der Waals surface area contributed by atoms with Crippen molar-refractivity contribution in [1.29, 1.82) is 0 Å². The summed E-state index contributed by atoms with van der Waals surface area (Å²) in [5, 5.41) is 20.2. The molecule has 0 saturated carbocycles. The van der Waals surface area contributed by atoms with E-state index in [4.69, 9.17) is 10.9 Å². The summed E-state index contributed by atoms with van der Waals surface area (Å²) in [6.45, 7) is 2.14. The van der Waals surface area contributed by atoms with Gasteiger partial charge in [0.1, 0.15) is 5.92 Å². The molecular formula is C10H18F3N3O2. The second-order valence-corrected chi connectivity index (χ2v) is 4.67. The first-order valence-electron chi connectivity index (χ1n) is 5.70. The van der Waals surface area contributed by atoms with Crippen molar-refractivity contribution >= 4 is 5.84 Å². The molecule has 0 aromatic carbocycles. The molecule has 3 atom stereocenters. The molecule has 1 aliphatic rings. The fourth-order valence-electron chi connectivity index (χ4n) is 2.11. The van der Waals surface area contributed by atoms with Crippen LogP contribution in [0.15, 0.2) is 5.16 Å². The fourth-order valence-corrected chi connectivity index (χ4v) is 2.11. The van der Waals surface area contributed by atoms with E-state index in [2.05, 4.69) is 5.16 Å². The molecule has 0 aromatic heterocycles. The lowest BCUT2D eigenvalue weighted by atomic mass is 10.0. The van der Waals surface area contributed by atoms with Crippen molar-refractivity contribution in [1.82, 2.24) is 4.90 Å². The van der Waals surface area contributed by atoms with Gasteiger partial charge in [0.15, 0.2) is 5.84 Å². The maximum atomic E-state index is 12.7. The molecule has 0 radical (unpaired) electrons. The Morgan fingerprint density at radius 1 is 1.56 bits per heavy atom. The molecule has 106 valence electrons. The van der Waals surface area contributed by atoms with Crippen molar-refractivity contribution in [2.75, 3.05) is 19.6 Å². The minimum Gasteiger partial charge on any atom is -0.409 e. The molecule has 0 spiro atoms. The van der Waals surface area contributed by atoms with Crippen molar-refractivity contribution in [3.63, 3.8) is 0 Å². The van der Waals surface area contributed by atoms with Gasteiger partial charge in [-0.3, -0.25) is 0 Å². The predicted molar refractivity (Wildman–Crippen MR) is 59.2 cm³/mol. The Hall–Kier alpha value is -1.02. The third-order valence-corrected chi connectivity index (χ3v) is 3.30. The van der Waals surface area contributed by atoms with Crippen molar-refractivity contribution in [2.45, 2.75) is 25.6 Å². The monoisotopic (exact) mass is 269 g/mol. The number of nitrogens with zero attached hydrogens (tertiary/aromatic N) is 2. The van der Waals surface area contributed by atoms with E-state index < -0.39 is 24.0 Å². The molecule has 0 amide bonds. The summed E-state index contributed by atoms with van der Waals surface area (Å²) in [6.07, 6.45) is -4.43. The van der Waals surface area contributed by atoms with E-state index in [0.29, 0.717) is 19.5 Å². The zero-order valence-electron chi connectivity index (χ0n) is 10.1. The van der Waals surface area contributed by atoms with Crippen LogP contribution in [0, 0.1) is 11.8 Å². The third kappa shape index (κ3) is 3.74. The minimum absolute atomic E-state index is 0.0221. The Balaban J connectivity index is 2.64. The molecule has 1 rings (SSSR count). The van der Waals surface area contributed by atoms with Crippen LogP contribution < -0.4 is 5.73 Å². The molecule has 1 fully saturated rings. The molecule has 8 heteroatoms. The van der Waals surface area contributed by atoms with Gasteiger partial charge in [-0.2, -0.15) is 13.2 Å². The Kier molecular flexibility index (Phi) is 4.80. The first-order chi connectivity index (χ1) is 8.25. The molecule has 3 unspecified atom stereocenters. The van der Waals surface area contributed by atoms with Crippen molar-refractivity contribution < 1.29 is 23.5 Å². The van der Waals surface area contributed by atoms with Crippen molar-refractivity contribution in [3.8, 4) is 0 Å². The summed E-state index contributed by atoms with van der Waals surface area (Å²) in [5.74, 6) is -2.83. The topological polar surface area (TPSA) is 82.1 Å². The smallest absolute Gasteiger partial charge is 0.400 e. The van der Waals surface area contributed by atoms with Crippen molar-refractivity contribution in [2.24, 2.45) is 22.7 Å². The highest BCUT2D eigenvalue weighted by Gasteiger charge is 2.44. The van der Waals surface area contributed by atoms with E-state index in [1.165, 1.54) is 0 Å². The lowest BCUT2D eigenvalue weighted by Gasteiger charge is -2.25. The second kappa shape index (κ2) is 5.75. The first kappa shape index (κ1) is 15.0. The van der Waals surface area contributed by atoms with E-state index >= 15 is 0 Å². The molecule has 0 aliphatic carbocycles. The molecule has 1 heterocycles. The molecule has 1 aliphatic heterocycles. The minimum atomic E-state index is -4.54. The zero-order valence-corrected chi connectivity index (χ0v) is 10.1. The maximum absolute atomic E-state index is 12.7. The third-order valence-electron chi connectivity index (χ3n) is 3.30. The Bertz CT molecular complexity index is 307. The van der Waals surface area contributed by atoms with Gasteiger partial charge >= 0.3 is 6.18 Å². The molecule has 18 heavy (non-hydrogen) atoms. The van der Waals surface area contributed by atoms with Gasteiger partial charge in [-0.15, -0.1) is 0 Å². The number of aliphatic hydroxyl groups excluding tert-OH is 1. The van der Waals surface area contributed by atoms with Gasteiger partial charge in [0, 0.05) is 13.1 Å².